The van der Waals surface area contributed by atoms with E-state index in [0.29, 0.717) is 12.4 Å². The second-order valence-electron chi connectivity index (χ2n) is 9.17. The van der Waals surface area contributed by atoms with Gasteiger partial charge in [-0.05, 0) is 104 Å². The molecule has 1 aromatic carbocycles. The molecule has 0 aliphatic heterocycles. The topological polar surface area (TPSA) is 9.23 Å². The number of fused-ring (bicyclic) bond motifs is 2. The van der Waals surface area contributed by atoms with Crippen LogP contribution in [-0.2, 0) is 12.8 Å². The molecule has 2 saturated carbocycles. The van der Waals surface area contributed by atoms with Gasteiger partial charge in [0, 0.05) is 0 Å². The van der Waals surface area contributed by atoms with Crippen LogP contribution in [0.3, 0.4) is 0 Å². The number of benzene rings is 1. The van der Waals surface area contributed by atoms with Crippen molar-refractivity contribution in [2.45, 2.75) is 64.7 Å². The third-order valence-electron chi connectivity index (χ3n) is 7.46. The first-order valence-corrected chi connectivity index (χ1v) is 10.7. The molecular formula is C24H33FO. The van der Waals surface area contributed by atoms with Crippen molar-refractivity contribution in [3.63, 3.8) is 0 Å². The second kappa shape index (κ2) is 7.74. The Kier molecular flexibility index (Phi) is 5.38. The first-order chi connectivity index (χ1) is 12.6. The molecule has 0 N–H and O–H groups in total. The lowest BCUT2D eigenvalue weighted by atomic mass is 9.61. The van der Waals surface area contributed by atoms with Crippen molar-refractivity contribution in [1.82, 2.24) is 0 Å². The Morgan fingerprint density at radius 2 is 1.73 bits per heavy atom. The summed E-state index contributed by atoms with van der Waals surface area (Å²) in [4.78, 5) is 0. The molecule has 5 unspecified atom stereocenters. The van der Waals surface area contributed by atoms with Gasteiger partial charge in [-0.15, -0.1) is 0 Å². The van der Waals surface area contributed by atoms with Gasteiger partial charge in [0.05, 0.1) is 0 Å². The van der Waals surface area contributed by atoms with Gasteiger partial charge in [0.1, 0.15) is 6.61 Å². The van der Waals surface area contributed by atoms with Gasteiger partial charge in [0.25, 0.3) is 0 Å². The maximum atomic E-state index is 14.4. The third kappa shape index (κ3) is 3.70. The van der Waals surface area contributed by atoms with Gasteiger partial charge in [-0.1, -0.05) is 26.0 Å². The summed E-state index contributed by atoms with van der Waals surface area (Å²) < 4.78 is 19.8. The molecule has 0 radical (unpaired) electrons. The number of rotatable bonds is 4. The molecule has 0 bridgehead atoms. The van der Waals surface area contributed by atoms with Crippen molar-refractivity contribution in [3.05, 3.63) is 41.7 Å². The predicted octanol–water partition coefficient (Wildman–Crippen LogP) is 6.35. The Bertz CT molecular complexity index is 652. The fraction of sp³-hybridized carbons (Fsp3) is 0.667. The van der Waals surface area contributed by atoms with Gasteiger partial charge < -0.3 is 4.74 Å². The van der Waals surface area contributed by atoms with Gasteiger partial charge in [0.15, 0.2) is 11.6 Å². The van der Waals surface area contributed by atoms with Crippen molar-refractivity contribution in [3.8, 4) is 5.75 Å². The maximum Gasteiger partial charge on any atom is 0.165 e. The maximum absolute atomic E-state index is 14.4. The fourth-order valence-electron chi connectivity index (χ4n) is 6.03. The Morgan fingerprint density at radius 1 is 1.00 bits per heavy atom. The quantitative estimate of drug-likeness (QED) is 0.571. The summed E-state index contributed by atoms with van der Waals surface area (Å²) in [6.45, 7) is 6.44. The van der Waals surface area contributed by atoms with Crippen LogP contribution < -0.4 is 4.74 Å². The lowest BCUT2D eigenvalue weighted by molar-refractivity contribution is 0.0757. The van der Waals surface area contributed by atoms with Crippen LogP contribution in [0.1, 0.15) is 63.0 Å². The first kappa shape index (κ1) is 18.1. The van der Waals surface area contributed by atoms with E-state index in [0.717, 1.165) is 42.4 Å². The minimum absolute atomic E-state index is 0.212. The number of aryl methyl sites for hydroxylation is 1. The van der Waals surface area contributed by atoms with E-state index in [-0.39, 0.29) is 5.82 Å². The normalized spacial score (nSPS) is 33.8. The third-order valence-corrected chi connectivity index (χ3v) is 7.46. The number of ether oxygens (including phenoxy) is 1. The Hall–Kier alpha value is -1.31. The van der Waals surface area contributed by atoms with Crippen LogP contribution in [0.5, 0.6) is 5.75 Å². The molecule has 3 aliphatic carbocycles. The molecular weight excluding hydrogens is 323 g/mol. The van der Waals surface area contributed by atoms with Crippen LogP contribution in [0.2, 0.25) is 0 Å². The second-order valence-corrected chi connectivity index (χ2v) is 9.17. The number of hydrogen-bond acceptors (Lipinski definition) is 1. The average Bonchev–Trinajstić information content (AvgIpc) is 2.65. The van der Waals surface area contributed by atoms with Crippen LogP contribution in [0.4, 0.5) is 4.39 Å². The van der Waals surface area contributed by atoms with Gasteiger partial charge in [0.2, 0.25) is 0 Å². The molecule has 1 nitrogen and oxygen atoms in total. The smallest absolute Gasteiger partial charge is 0.165 e. The zero-order valence-corrected chi connectivity index (χ0v) is 16.2. The largest absolute Gasteiger partial charge is 0.486 e. The van der Waals surface area contributed by atoms with E-state index in [2.05, 4.69) is 13.5 Å². The average molecular weight is 357 g/mol. The van der Waals surface area contributed by atoms with Gasteiger partial charge >= 0.3 is 0 Å². The predicted molar refractivity (Wildman–Crippen MR) is 105 cm³/mol. The van der Waals surface area contributed by atoms with Gasteiger partial charge in [-0.2, -0.15) is 0 Å². The summed E-state index contributed by atoms with van der Waals surface area (Å²) in [5.74, 6) is 4.69. The zero-order valence-electron chi connectivity index (χ0n) is 16.2. The molecule has 4 rings (SSSR count). The molecule has 1 aromatic rings. The van der Waals surface area contributed by atoms with Gasteiger partial charge in [-0.3, -0.25) is 0 Å². The summed E-state index contributed by atoms with van der Waals surface area (Å²) in [7, 11) is 0. The molecule has 2 heteroatoms. The fourth-order valence-corrected chi connectivity index (χ4v) is 6.03. The van der Waals surface area contributed by atoms with Crippen molar-refractivity contribution in [2.75, 3.05) is 6.61 Å². The van der Waals surface area contributed by atoms with E-state index < -0.39 is 0 Å². The zero-order chi connectivity index (χ0) is 18.1. The Morgan fingerprint density at radius 3 is 2.54 bits per heavy atom. The molecule has 0 heterocycles. The molecule has 3 aliphatic rings. The molecule has 2 fully saturated rings. The minimum Gasteiger partial charge on any atom is -0.486 e. The summed E-state index contributed by atoms with van der Waals surface area (Å²) in [5, 5.41) is 0. The molecule has 142 valence electrons. The Labute approximate surface area is 158 Å². The minimum atomic E-state index is -0.212. The SMILES string of the molecule is C=CCOc1cc2c(cc1F)CC(C1CCC3CC(C)CCC3C1)CC2. The van der Waals surface area contributed by atoms with Crippen molar-refractivity contribution < 1.29 is 9.13 Å². The van der Waals surface area contributed by atoms with E-state index in [1.807, 2.05) is 6.07 Å². The molecule has 0 aromatic heterocycles. The number of hydrogen-bond donors (Lipinski definition) is 0. The molecule has 0 spiro atoms. The van der Waals surface area contributed by atoms with E-state index in [1.54, 1.807) is 12.1 Å². The van der Waals surface area contributed by atoms with Crippen molar-refractivity contribution in [1.29, 1.82) is 0 Å². The van der Waals surface area contributed by atoms with E-state index >= 15 is 0 Å². The standard InChI is InChI=1S/C24H33FO/c1-3-10-26-24-15-21-9-8-20(13-22(21)14-23(24)25)19-7-6-17-11-16(2)4-5-18(17)12-19/h3,14-20H,1,4-13H2,2H3. The molecule has 0 saturated heterocycles. The molecule has 5 atom stereocenters. The highest BCUT2D eigenvalue weighted by Gasteiger charge is 2.37. The van der Waals surface area contributed by atoms with Crippen molar-refractivity contribution >= 4 is 0 Å². The van der Waals surface area contributed by atoms with Crippen LogP contribution >= 0.6 is 0 Å². The van der Waals surface area contributed by atoms with Crippen LogP contribution in [0.25, 0.3) is 0 Å². The monoisotopic (exact) mass is 356 g/mol. The van der Waals surface area contributed by atoms with Crippen LogP contribution in [-0.4, -0.2) is 6.61 Å². The lowest BCUT2D eigenvalue weighted by Gasteiger charge is -2.44. The van der Waals surface area contributed by atoms with Crippen LogP contribution in [0.15, 0.2) is 24.8 Å². The highest BCUT2D eigenvalue weighted by Crippen LogP contribution is 2.48. The highest BCUT2D eigenvalue weighted by molar-refractivity contribution is 5.39. The van der Waals surface area contributed by atoms with Crippen LogP contribution in [0, 0.1) is 35.4 Å². The summed E-state index contributed by atoms with van der Waals surface area (Å²) in [5.41, 5.74) is 2.52. The summed E-state index contributed by atoms with van der Waals surface area (Å²) >= 11 is 0. The van der Waals surface area contributed by atoms with Gasteiger partial charge in [-0.25, -0.2) is 4.39 Å². The van der Waals surface area contributed by atoms with E-state index in [1.165, 1.54) is 56.1 Å². The highest BCUT2D eigenvalue weighted by atomic mass is 19.1. The first-order valence-electron chi connectivity index (χ1n) is 10.7. The number of halogens is 1. The molecule has 26 heavy (non-hydrogen) atoms. The van der Waals surface area contributed by atoms with E-state index in [4.69, 9.17) is 4.74 Å². The summed E-state index contributed by atoms with van der Waals surface area (Å²) in [6.07, 6.45) is 13.7. The summed E-state index contributed by atoms with van der Waals surface area (Å²) in [6, 6.07) is 3.68. The lowest BCUT2D eigenvalue weighted by Crippen LogP contribution is -2.34. The van der Waals surface area contributed by atoms with E-state index in [9.17, 15) is 4.39 Å². The molecule has 0 amide bonds. The Balaban J connectivity index is 1.42. The van der Waals surface area contributed by atoms with Crippen molar-refractivity contribution in [2.24, 2.45) is 29.6 Å².